The SMILES string of the molecule is CC1CCC(c2nc3ccc(C#N)cc3[nH]2)CC1. The van der Waals surface area contributed by atoms with E-state index in [1.54, 1.807) is 0 Å². The Morgan fingerprint density at radius 1 is 1.28 bits per heavy atom. The molecule has 1 aromatic carbocycles. The van der Waals surface area contributed by atoms with Crippen LogP contribution in [0.15, 0.2) is 18.2 Å². The lowest BCUT2D eigenvalue weighted by Crippen LogP contribution is -2.11. The number of nitrogens with zero attached hydrogens (tertiary/aromatic N) is 2. The van der Waals surface area contributed by atoms with E-state index in [-0.39, 0.29) is 0 Å². The van der Waals surface area contributed by atoms with Crippen LogP contribution in [0.4, 0.5) is 0 Å². The first-order valence-corrected chi connectivity index (χ1v) is 6.66. The Bertz CT molecular complexity index is 598. The molecule has 1 aliphatic rings. The van der Waals surface area contributed by atoms with Gasteiger partial charge in [0.15, 0.2) is 0 Å². The summed E-state index contributed by atoms with van der Waals surface area (Å²) >= 11 is 0. The summed E-state index contributed by atoms with van der Waals surface area (Å²) in [5.41, 5.74) is 2.65. The van der Waals surface area contributed by atoms with Crippen molar-refractivity contribution in [2.45, 2.75) is 38.5 Å². The van der Waals surface area contributed by atoms with Crippen molar-refractivity contribution in [3.05, 3.63) is 29.6 Å². The Balaban J connectivity index is 1.91. The number of benzene rings is 1. The number of rotatable bonds is 1. The average molecular weight is 239 g/mol. The van der Waals surface area contributed by atoms with Crippen LogP contribution in [-0.2, 0) is 0 Å². The van der Waals surface area contributed by atoms with Crippen molar-refractivity contribution >= 4 is 11.0 Å². The number of aromatic nitrogens is 2. The normalized spacial score (nSPS) is 24.0. The molecule has 1 aliphatic carbocycles. The molecule has 0 saturated heterocycles. The van der Waals surface area contributed by atoms with Gasteiger partial charge in [-0.2, -0.15) is 5.26 Å². The van der Waals surface area contributed by atoms with Crippen LogP contribution in [0.2, 0.25) is 0 Å². The second-order valence-corrected chi connectivity index (χ2v) is 5.42. The average Bonchev–Trinajstić information content (AvgIpc) is 2.82. The number of hydrogen-bond acceptors (Lipinski definition) is 2. The van der Waals surface area contributed by atoms with Crippen LogP contribution in [-0.4, -0.2) is 9.97 Å². The van der Waals surface area contributed by atoms with E-state index < -0.39 is 0 Å². The smallest absolute Gasteiger partial charge is 0.110 e. The minimum Gasteiger partial charge on any atom is -0.342 e. The van der Waals surface area contributed by atoms with E-state index in [9.17, 15) is 0 Å². The van der Waals surface area contributed by atoms with E-state index in [1.165, 1.54) is 25.7 Å². The van der Waals surface area contributed by atoms with Gasteiger partial charge in [0, 0.05) is 5.92 Å². The van der Waals surface area contributed by atoms with Gasteiger partial charge in [0.1, 0.15) is 5.82 Å². The summed E-state index contributed by atoms with van der Waals surface area (Å²) < 4.78 is 0. The summed E-state index contributed by atoms with van der Waals surface area (Å²) in [5, 5.41) is 8.90. The first kappa shape index (κ1) is 11.3. The van der Waals surface area contributed by atoms with Crippen LogP contribution in [0.25, 0.3) is 11.0 Å². The predicted molar refractivity (Wildman–Crippen MR) is 71.2 cm³/mol. The van der Waals surface area contributed by atoms with Gasteiger partial charge >= 0.3 is 0 Å². The highest BCUT2D eigenvalue weighted by molar-refractivity contribution is 5.76. The third kappa shape index (κ3) is 1.99. The van der Waals surface area contributed by atoms with E-state index in [4.69, 9.17) is 5.26 Å². The van der Waals surface area contributed by atoms with Crippen molar-refractivity contribution in [3.63, 3.8) is 0 Å². The standard InChI is InChI=1S/C15H17N3/c1-10-2-5-12(6-3-10)15-17-13-7-4-11(9-16)8-14(13)18-15/h4,7-8,10,12H,2-3,5-6H2,1H3,(H,17,18). The first-order valence-electron chi connectivity index (χ1n) is 6.66. The minimum absolute atomic E-state index is 0.569. The van der Waals surface area contributed by atoms with Crippen LogP contribution >= 0.6 is 0 Å². The fourth-order valence-corrected chi connectivity index (χ4v) is 2.83. The maximum Gasteiger partial charge on any atom is 0.110 e. The number of nitriles is 1. The van der Waals surface area contributed by atoms with Crippen molar-refractivity contribution in [3.8, 4) is 6.07 Å². The Morgan fingerprint density at radius 3 is 2.78 bits per heavy atom. The number of hydrogen-bond donors (Lipinski definition) is 1. The summed E-state index contributed by atoms with van der Waals surface area (Å²) in [6.45, 7) is 2.33. The van der Waals surface area contributed by atoms with Gasteiger partial charge in [-0.3, -0.25) is 0 Å². The molecule has 0 amide bonds. The topological polar surface area (TPSA) is 52.5 Å². The predicted octanol–water partition coefficient (Wildman–Crippen LogP) is 3.73. The largest absolute Gasteiger partial charge is 0.342 e. The molecule has 1 aromatic heterocycles. The van der Waals surface area contributed by atoms with Gasteiger partial charge in [-0.1, -0.05) is 19.8 Å². The fourth-order valence-electron chi connectivity index (χ4n) is 2.83. The van der Waals surface area contributed by atoms with Gasteiger partial charge in [0.05, 0.1) is 22.7 Å². The van der Waals surface area contributed by atoms with Gasteiger partial charge in [-0.15, -0.1) is 0 Å². The Hall–Kier alpha value is -1.82. The van der Waals surface area contributed by atoms with E-state index >= 15 is 0 Å². The molecule has 0 atom stereocenters. The molecule has 1 fully saturated rings. The van der Waals surface area contributed by atoms with Gasteiger partial charge in [0.25, 0.3) is 0 Å². The van der Waals surface area contributed by atoms with Crippen molar-refractivity contribution in [1.82, 2.24) is 9.97 Å². The molecule has 3 nitrogen and oxygen atoms in total. The monoisotopic (exact) mass is 239 g/mol. The number of nitrogens with one attached hydrogen (secondary N) is 1. The molecule has 18 heavy (non-hydrogen) atoms. The molecule has 0 radical (unpaired) electrons. The van der Waals surface area contributed by atoms with Crippen molar-refractivity contribution in [2.24, 2.45) is 5.92 Å². The zero-order chi connectivity index (χ0) is 12.5. The third-order valence-corrected chi connectivity index (χ3v) is 4.03. The molecular weight excluding hydrogens is 222 g/mol. The van der Waals surface area contributed by atoms with Crippen molar-refractivity contribution in [2.75, 3.05) is 0 Å². The molecule has 1 saturated carbocycles. The van der Waals surface area contributed by atoms with E-state index in [0.717, 1.165) is 22.8 Å². The lowest BCUT2D eigenvalue weighted by Gasteiger charge is -2.24. The maximum atomic E-state index is 8.90. The zero-order valence-electron chi connectivity index (χ0n) is 10.6. The van der Waals surface area contributed by atoms with Gasteiger partial charge in [0.2, 0.25) is 0 Å². The second-order valence-electron chi connectivity index (χ2n) is 5.42. The molecule has 92 valence electrons. The Morgan fingerprint density at radius 2 is 2.06 bits per heavy atom. The lowest BCUT2D eigenvalue weighted by molar-refractivity contribution is 0.341. The minimum atomic E-state index is 0.569. The summed E-state index contributed by atoms with van der Waals surface area (Å²) in [6, 6.07) is 7.81. The third-order valence-electron chi connectivity index (χ3n) is 4.03. The van der Waals surface area contributed by atoms with Gasteiger partial charge in [-0.25, -0.2) is 4.98 Å². The van der Waals surface area contributed by atoms with Crippen LogP contribution in [0.3, 0.4) is 0 Å². The molecule has 1 N–H and O–H groups in total. The highest BCUT2D eigenvalue weighted by Gasteiger charge is 2.22. The molecule has 2 aromatic rings. The fraction of sp³-hybridized carbons (Fsp3) is 0.467. The summed E-state index contributed by atoms with van der Waals surface area (Å²) in [5.74, 6) is 2.53. The molecule has 0 aliphatic heterocycles. The quantitative estimate of drug-likeness (QED) is 0.824. The summed E-state index contributed by atoms with van der Waals surface area (Å²) in [4.78, 5) is 8.06. The number of fused-ring (bicyclic) bond motifs is 1. The van der Waals surface area contributed by atoms with E-state index in [1.807, 2.05) is 18.2 Å². The zero-order valence-corrected chi connectivity index (χ0v) is 10.6. The molecule has 3 rings (SSSR count). The van der Waals surface area contributed by atoms with E-state index in [0.29, 0.717) is 11.5 Å². The highest BCUT2D eigenvalue weighted by Crippen LogP contribution is 2.34. The molecule has 3 heteroatoms. The van der Waals surface area contributed by atoms with Crippen molar-refractivity contribution in [1.29, 1.82) is 5.26 Å². The molecular formula is C15H17N3. The summed E-state index contributed by atoms with van der Waals surface area (Å²) in [6.07, 6.45) is 5.05. The van der Waals surface area contributed by atoms with Gasteiger partial charge < -0.3 is 4.98 Å². The van der Waals surface area contributed by atoms with Crippen LogP contribution in [0.5, 0.6) is 0 Å². The highest BCUT2D eigenvalue weighted by atomic mass is 14.9. The van der Waals surface area contributed by atoms with Crippen LogP contribution < -0.4 is 0 Å². The number of H-pyrrole nitrogens is 1. The maximum absolute atomic E-state index is 8.90. The molecule has 0 spiro atoms. The molecule has 0 unspecified atom stereocenters. The number of aromatic amines is 1. The van der Waals surface area contributed by atoms with Gasteiger partial charge in [-0.05, 0) is 37.0 Å². The molecule has 1 heterocycles. The Labute approximate surface area is 107 Å². The Kier molecular flexibility index (Phi) is 2.79. The van der Waals surface area contributed by atoms with Crippen molar-refractivity contribution < 1.29 is 0 Å². The molecule has 0 bridgehead atoms. The first-order chi connectivity index (χ1) is 8.76. The second kappa shape index (κ2) is 4.45. The number of imidazole rings is 1. The van der Waals surface area contributed by atoms with Crippen LogP contribution in [0, 0.1) is 17.2 Å². The lowest BCUT2D eigenvalue weighted by atomic mass is 9.83. The van der Waals surface area contributed by atoms with E-state index in [2.05, 4.69) is 23.0 Å². The summed E-state index contributed by atoms with van der Waals surface area (Å²) in [7, 11) is 0. The van der Waals surface area contributed by atoms with Crippen LogP contribution in [0.1, 0.15) is 49.9 Å².